The van der Waals surface area contributed by atoms with Crippen LogP contribution in [0.3, 0.4) is 0 Å². The normalized spacial score (nSPS) is 11.0. The molecule has 3 aromatic rings. The highest BCUT2D eigenvalue weighted by Crippen LogP contribution is 2.32. The topological polar surface area (TPSA) is 39.4 Å². The Bertz CT molecular complexity index is 758. The molecule has 4 heteroatoms. The van der Waals surface area contributed by atoms with E-state index < -0.39 is 0 Å². The Morgan fingerprint density at radius 2 is 1.94 bits per heavy atom. The first-order chi connectivity index (χ1) is 8.70. The minimum Gasteiger partial charge on any atom is -0.465 e. The van der Waals surface area contributed by atoms with Gasteiger partial charge in [-0.05, 0) is 34.1 Å². The van der Waals surface area contributed by atoms with Crippen molar-refractivity contribution in [2.24, 2.45) is 0 Å². The molecule has 0 atom stereocenters. The van der Waals surface area contributed by atoms with E-state index in [1.54, 1.807) is 12.1 Å². The van der Waals surface area contributed by atoms with Gasteiger partial charge < -0.3 is 9.15 Å². The number of hydrogen-bond acceptors (Lipinski definition) is 3. The quantitative estimate of drug-likeness (QED) is 0.634. The summed E-state index contributed by atoms with van der Waals surface area (Å²) in [4.78, 5) is 11.7. The highest BCUT2D eigenvalue weighted by Gasteiger charge is 2.15. The predicted octanol–water partition coefficient (Wildman–Crippen LogP) is 4.14. The molecule has 0 N–H and O–H groups in total. The smallest absolute Gasteiger partial charge is 0.339 e. The second-order valence-corrected chi connectivity index (χ2v) is 4.77. The number of carbonyl (C=O) groups is 1. The Labute approximate surface area is 111 Å². The predicted molar refractivity (Wildman–Crippen MR) is 72.8 cm³/mol. The lowest BCUT2D eigenvalue weighted by Crippen LogP contribution is -2.01. The third-order valence-electron chi connectivity index (χ3n) is 2.87. The van der Waals surface area contributed by atoms with Crippen molar-refractivity contribution >= 4 is 43.8 Å². The van der Waals surface area contributed by atoms with Gasteiger partial charge in [-0.2, -0.15) is 0 Å². The van der Waals surface area contributed by atoms with E-state index in [1.807, 2.05) is 24.3 Å². The average Bonchev–Trinajstić information content (AvgIpc) is 2.74. The number of ether oxygens (including phenoxy) is 1. The Kier molecular flexibility index (Phi) is 2.59. The van der Waals surface area contributed by atoms with E-state index in [9.17, 15) is 4.79 Å². The van der Waals surface area contributed by atoms with Gasteiger partial charge in [0, 0.05) is 15.2 Å². The first kappa shape index (κ1) is 11.3. The van der Waals surface area contributed by atoms with Crippen LogP contribution in [0.25, 0.3) is 21.9 Å². The lowest BCUT2D eigenvalue weighted by Gasteiger charge is -2.02. The van der Waals surface area contributed by atoms with Gasteiger partial charge in [0.05, 0.1) is 12.7 Å². The first-order valence-corrected chi connectivity index (χ1v) is 6.19. The molecule has 0 bridgehead atoms. The van der Waals surface area contributed by atoms with Crippen LogP contribution in [0.1, 0.15) is 10.4 Å². The van der Waals surface area contributed by atoms with Gasteiger partial charge in [0.1, 0.15) is 11.2 Å². The van der Waals surface area contributed by atoms with Crippen molar-refractivity contribution in [1.29, 1.82) is 0 Å². The summed E-state index contributed by atoms with van der Waals surface area (Å²) in [5.41, 5.74) is 2.05. The van der Waals surface area contributed by atoms with Crippen LogP contribution in [0.5, 0.6) is 0 Å². The molecule has 90 valence electrons. The molecule has 0 spiro atoms. The number of esters is 1. The number of benzene rings is 2. The number of hydrogen-bond donors (Lipinski definition) is 0. The number of fused-ring (bicyclic) bond motifs is 3. The van der Waals surface area contributed by atoms with Gasteiger partial charge in [0.15, 0.2) is 0 Å². The molecule has 0 fully saturated rings. The second kappa shape index (κ2) is 4.14. The van der Waals surface area contributed by atoms with Crippen molar-refractivity contribution in [3.8, 4) is 0 Å². The number of furan rings is 1. The number of methoxy groups -OCH3 is 1. The van der Waals surface area contributed by atoms with Gasteiger partial charge in [-0.3, -0.25) is 0 Å². The van der Waals surface area contributed by atoms with E-state index >= 15 is 0 Å². The molecule has 0 saturated heterocycles. The SMILES string of the molecule is COC(=O)c1cc2c(cc1Br)oc1ccccc12. The van der Waals surface area contributed by atoms with Crippen LogP contribution in [0.2, 0.25) is 0 Å². The Balaban J connectivity index is 2.39. The van der Waals surface area contributed by atoms with Crippen LogP contribution in [0.4, 0.5) is 0 Å². The van der Waals surface area contributed by atoms with E-state index in [-0.39, 0.29) is 5.97 Å². The number of halogens is 1. The van der Waals surface area contributed by atoms with Gasteiger partial charge in [-0.25, -0.2) is 4.79 Å². The monoisotopic (exact) mass is 304 g/mol. The molecule has 2 aromatic carbocycles. The van der Waals surface area contributed by atoms with Crippen molar-refractivity contribution in [2.45, 2.75) is 0 Å². The molecule has 0 unspecified atom stereocenters. The van der Waals surface area contributed by atoms with Crippen molar-refractivity contribution in [3.05, 3.63) is 46.4 Å². The molecule has 0 aliphatic rings. The van der Waals surface area contributed by atoms with Crippen LogP contribution >= 0.6 is 15.9 Å². The minimum absolute atomic E-state index is 0.367. The second-order valence-electron chi connectivity index (χ2n) is 3.92. The summed E-state index contributed by atoms with van der Waals surface area (Å²) >= 11 is 3.36. The molecular formula is C14H9BrO3. The summed E-state index contributed by atoms with van der Waals surface area (Å²) in [5.74, 6) is -0.367. The lowest BCUT2D eigenvalue weighted by atomic mass is 10.1. The van der Waals surface area contributed by atoms with Crippen molar-refractivity contribution < 1.29 is 13.9 Å². The maximum Gasteiger partial charge on any atom is 0.339 e. The van der Waals surface area contributed by atoms with Gasteiger partial charge in [0.2, 0.25) is 0 Å². The maximum absolute atomic E-state index is 11.7. The first-order valence-electron chi connectivity index (χ1n) is 5.40. The molecular weight excluding hydrogens is 296 g/mol. The van der Waals surface area contributed by atoms with E-state index in [0.29, 0.717) is 10.0 Å². The number of rotatable bonds is 1. The van der Waals surface area contributed by atoms with Gasteiger partial charge in [-0.15, -0.1) is 0 Å². The van der Waals surface area contributed by atoms with Crippen LogP contribution in [-0.2, 0) is 4.74 Å². The Morgan fingerprint density at radius 3 is 2.72 bits per heavy atom. The molecule has 0 aliphatic heterocycles. The van der Waals surface area contributed by atoms with E-state index in [0.717, 1.165) is 21.9 Å². The molecule has 0 saturated carbocycles. The third-order valence-corrected chi connectivity index (χ3v) is 3.53. The van der Waals surface area contributed by atoms with Gasteiger partial charge >= 0.3 is 5.97 Å². The molecule has 1 aromatic heterocycles. The van der Waals surface area contributed by atoms with Crippen LogP contribution < -0.4 is 0 Å². The van der Waals surface area contributed by atoms with Crippen molar-refractivity contribution in [1.82, 2.24) is 0 Å². The highest BCUT2D eigenvalue weighted by atomic mass is 79.9. The molecule has 3 nitrogen and oxygen atoms in total. The summed E-state index contributed by atoms with van der Waals surface area (Å²) in [7, 11) is 1.37. The molecule has 3 rings (SSSR count). The Hall–Kier alpha value is -1.81. The number of carbonyl (C=O) groups excluding carboxylic acids is 1. The summed E-state index contributed by atoms with van der Waals surface area (Å²) in [6.45, 7) is 0. The summed E-state index contributed by atoms with van der Waals surface area (Å²) < 4.78 is 11.1. The minimum atomic E-state index is -0.367. The van der Waals surface area contributed by atoms with Crippen LogP contribution in [0.15, 0.2) is 45.3 Å². The fourth-order valence-corrected chi connectivity index (χ4v) is 2.50. The summed E-state index contributed by atoms with van der Waals surface area (Å²) in [6, 6.07) is 11.3. The molecule has 0 amide bonds. The zero-order valence-corrected chi connectivity index (χ0v) is 11.2. The maximum atomic E-state index is 11.7. The fraction of sp³-hybridized carbons (Fsp3) is 0.0714. The zero-order valence-electron chi connectivity index (χ0n) is 9.57. The van der Waals surface area contributed by atoms with Crippen molar-refractivity contribution in [3.63, 3.8) is 0 Å². The van der Waals surface area contributed by atoms with Gasteiger partial charge in [-0.1, -0.05) is 18.2 Å². The summed E-state index contributed by atoms with van der Waals surface area (Å²) in [5, 5.41) is 1.90. The van der Waals surface area contributed by atoms with Gasteiger partial charge in [0.25, 0.3) is 0 Å². The van der Waals surface area contributed by atoms with E-state index in [2.05, 4.69) is 15.9 Å². The fourth-order valence-electron chi connectivity index (χ4n) is 2.01. The highest BCUT2D eigenvalue weighted by molar-refractivity contribution is 9.10. The molecule has 0 radical (unpaired) electrons. The number of para-hydroxylation sites is 1. The largest absolute Gasteiger partial charge is 0.465 e. The van der Waals surface area contributed by atoms with Crippen LogP contribution in [-0.4, -0.2) is 13.1 Å². The average molecular weight is 305 g/mol. The lowest BCUT2D eigenvalue weighted by molar-refractivity contribution is 0.0600. The molecule has 18 heavy (non-hydrogen) atoms. The van der Waals surface area contributed by atoms with E-state index in [1.165, 1.54) is 7.11 Å². The van der Waals surface area contributed by atoms with E-state index in [4.69, 9.17) is 9.15 Å². The summed E-state index contributed by atoms with van der Waals surface area (Å²) in [6.07, 6.45) is 0. The third kappa shape index (κ3) is 1.61. The zero-order chi connectivity index (χ0) is 12.7. The van der Waals surface area contributed by atoms with Crippen molar-refractivity contribution in [2.75, 3.05) is 7.11 Å². The standard InChI is InChI=1S/C14H9BrO3/c1-17-14(16)10-6-9-8-4-2-3-5-12(8)18-13(9)7-11(10)15/h2-7H,1H3. The van der Waals surface area contributed by atoms with Crippen LogP contribution in [0, 0.1) is 0 Å². The molecule has 0 aliphatic carbocycles. The Morgan fingerprint density at radius 1 is 1.17 bits per heavy atom. The molecule has 1 heterocycles.